The zero-order valence-corrected chi connectivity index (χ0v) is 13.5. The maximum Gasteiger partial charge on any atom is 0.336 e. The molecule has 24 heavy (non-hydrogen) atoms. The number of aromatic carboxylic acids is 1. The molecule has 2 aromatic carbocycles. The number of aryl methyl sites for hydroxylation is 1. The molecule has 0 amide bonds. The number of hydrogen-bond donors (Lipinski definition) is 1. The second kappa shape index (κ2) is 7.97. The van der Waals surface area contributed by atoms with Crippen LogP contribution in [-0.4, -0.2) is 24.2 Å². The number of rotatable bonds is 6. The number of esters is 1. The summed E-state index contributed by atoms with van der Waals surface area (Å²) in [5.74, 6) is -1.09. The Morgan fingerprint density at radius 1 is 1.17 bits per heavy atom. The molecule has 0 aliphatic heterocycles. The summed E-state index contributed by atoms with van der Waals surface area (Å²) in [6, 6.07) is 12.5. The molecule has 1 N–H and O–H groups in total. The molecule has 0 aliphatic carbocycles. The highest BCUT2D eigenvalue weighted by Crippen LogP contribution is 2.23. The molecule has 0 saturated heterocycles. The number of methoxy groups -OCH3 is 1. The molecule has 0 aromatic heterocycles. The highest BCUT2D eigenvalue weighted by Gasteiger charge is 2.14. The van der Waals surface area contributed by atoms with Crippen molar-refractivity contribution in [3.05, 3.63) is 70.8 Å². The van der Waals surface area contributed by atoms with Crippen LogP contribution in [0.15, 0.2) is 48.5 Å². The second-order valence-electron chi connectivity index (χ2n) is 5.14. The molecule has 0 unspecified atom stereocenters. The molecule has 0 saturated carbocycles. The van der Waals surface area contributed by atoms with Gasteiger partial charge >= 0.3 is 11.9 Å². The SMILES string of the molecule is COc1cc(C)c(C(=O)O)c(/C=C\C(=O)OCc2ccccc2)c1. The number of benzene rings is 2. The molecule has 0 heterocycles. The van der Waals surface area contributed by atoms with Crippen LogP contribution in [0.1, 0.15) is 27.0 Å². The summed E-state index contributed by atoms with van der Waals surface area (Å²) >= 11 is 0. The molecule has 0 bridgehead atoms. The maximum atomic E-state index is 11.8. The van der Waals surface area contributed by atoms with Crippen molar-refractivity contribution < 1.29 is 24.2 Å². The summed E-state index contributed by atoms with van der Waals surface area (Å²) in [6.45, 7) is 1.84. The van der Waals surface area contributed by atoms with E-state index in [9.17, 15) is 14.7 Å². The van der Waals surface area contributed by atoms with Crippen LogP contribution >= 0.6 is 0 Å². The van der Waals surface area contributed by atoms with Gasteiger partial charge in [-0.2, -0.15) is 0 Å². The van der Waals surface area contributed by atoms with Crippen molar-refractivity contribution >= 4 is 18.0 Å². The van der Waals surface area contributed by atoms with Gasteiger partial charge < -0.3 is 14.6 Å². The fraction of sp³-hybridized carbons (Fsp3) is 0.158. The molecule has 0 fully saturated rings. The van der Waals surface area contributed by atoms with Gasteiger partial charge in [-0.1, -0.05) is 30.3 Å². The van der Waals surface area contributed by atoms with Gasteiger partial charge in [0.1, 0.15) is 12.4 Å². The summed E-state index contributed by atoms with van der Waals surface area (Å²) in [5.41, 5.74) is 1.95. The zero-order valence-electron chi connectivity index (χ0n) is 13.5. The summed E-state index contributed by atoms with van der Waals surface area (Å²) < 4.78 is 10.3. The quantitative estimate of drug-likeness (QED) is 0.650. The van der Waals surface area contributed by atoms with Crippen molar-refractivity contribution in [2.75, 3.05) is 7.11 Å². The van der Waals surface area contributed by atoms with E-state index < -0.39 is 11.9 Å². The highest BCUT2D eigenvalue weighted by atomic mass is 16.5. The van der Waals surface area contributed by atoms with E-state index >= 15 is 0 Å². The van der Waals surface area contributed by atoms with Crippen LogP contribution in [0.2, 0.25) is 0 Å². The third-order valence-corrected chi connectivity index (χ3v) is 3.41. The third-order valence-electron chi connectivity index (χ3n) is 3.41. The third kappa shape index (κ3) is 4.46. The number of hydrogen-bond acceptors (Lipinski definition) is 4. The van der Waals surface area contributed by atoms with Crippen molar-refractivity contribution in [2.45, 2.75) is 13.5 Å². The summed E-state index contributed by atoms with van der Waals surface area (Å²) in [7, 11) is 1.50. The van der Waals surface area contributed by atoms with Crippen molar-refractivity contribution in [1.29, 1.82) is 0 Å². The Kier molecular flexibility index (Phi) is 5.73. The van der Waals surface area contributed by atoms with Crippen molar-refractivity contribution in [2.24, 2.45) is 0 Å². The largest absolute Gasteiger partial charge is 0.497 e. The molecule has 5 heteroatoms. The minimum Gasteiger partial charge on any atom is -0.497 e. The summed E-state index contributed by atoms with van der Waals surface area (Å²) in [4.78, 5) is 23.2. The second-order valence-corrected chi connectivity index (χ2v) is 5.14. The number of carboxylic acids is 1. The topological polar surface area (TPSA) is 72.8 Å². The van der Waals surface area contributed by atoms with Crippen LogP contribution in [0.3, 0.4) is 0 Å². The predicted molar refractivity (Wildman–Crippen MR) is 90.0 cm³/mol. The summed E-state index contributed by atoms with van der Waals surface area (Å²) in [6.07, 6.45) is 2.63. The van der Waals surface area contributed by atoms with Gasteiger partial charge in [-0.25, -0.2) is 9.59 Å². The number of carbonyl (C=O) groups excluding carboxylic acids is 1. The Hall–Kier alpha value is -3.08. The molecule has 0 aliphatic rings. The van der Waals surface area contributed by atoms with E-state index in [4.69, 9.17) is 9.47 Å². The van der Waals surface area contributed by atoms with Crippen LogP contribution in [0.5, 0.6) is 5.75 Å². The molecule has 0 spiro atoms. The standard InChI is InChI=1S/C19H18O5/c1-13-10-16(23-2)11-15(18(13)19(21)22)8-9-17(20)24-12-14-6-4-3-5-7-14/h3-11H,12H2,1-2H3,(H,21,22)/b9-8-. The molecular weight excluding hydrogens is 308 g/mol. The van der Waals surface area contributed by atoms with E-state index in [0.29, 0.717) is 16.9 Å². The fourth-order valence-corrected chi connectivity index (χ4v) is 2.26. The van der Waals surface area contributed by atoms with Gasteiger partial charge in [-0.15, -0.1) is 0 Å². The smallest absolute Gasteiger partial charge is 0.336 e. The van der Waals surface area contributed by atoms with E-state index in [-0.39, 0.29) is 12.2 Å². The lowest BCUT2D eigenvalue weighted by atomic mass is 10.0. The van der Waals surface area contributed by atoms with E-state index in [1.807, 2.05) is 30.3 Å². The molecule has 2 rings (SSSR count). The number of ether oxygens (including phenoxy) is 2. The Labute approximate surface area is 140 Å². The van der Waals surface area contributed by atoms with Gasteiger partial charge in [0.15, 0.2) is 0 Å². The molecule has 124 valence electrons. The van der Waals surface area contributed by atoms with Crippen LogP contribution in [-0.2, 0) is 16.1 Å². The van der Waals surface area contributed by atoms with Crippen LogP contribution in [0.25, 0.3) is 6.08 Å². The van der Waals surface area contributed by atoms with E-state index in [1.165, 1.54) is 19.3 Å². The van der Waals surface area contributed by atoms with Crippen LogP contribution < -0.4 is 4.74 Å². The van der Waals surface area contributed by atoms with Gasteiger partial charge in [0.2, 0.25) is 0 Å². The van der Waals surface area contributed by atoms with Crippen molar-refractivity contribution in [1.82, 2.24) is 0 Å². The van der Waals surface area contributed by atoms with Gasteiger partial charge in [-0.3, -0.25) is 0 Å². The van der Waals surface area contributed by atoms with Crippen molar-refractivity contribution in [3.8, 4) is 5.75 Å². The Morgan fingerprint density at radius 3 is 2.50 bits per heavy atom. The Bertz CT molecular complexity index is 763. The lowest BCUT2D eigenvalue weighted by Crippen LogP contribution is -2.05. The van der Waals surface area contributed by atoms with E-state index in [0.717, 1.165) is 5.56 Å². The van der Waals surface area contributed by atoms with E-state index in [1.54, 1.807) is 19.1 Å². The number of carboxylic acid groups (broad SMARTS) is 1. The van der Waals surface area contributed by atoms with Gasteiger partial charge in [0.05, 0.1) is 12.7 Å². The van der Waals surface area contributed by atoms with Gasteiger partial charge in [0, 0.05) is 6.08 Å². The normalized spacial score (nSPS) is 10.6. The minimum absolute atomic E-state index is 0.128. The molecule has 2 aromatic rings. The highest BCUT2D eigenvalue weighted by molar-refractivity contribution is 5.96. The lowest BCUT2D eigenvalue weighted by molar-refractivity contribution is -0.138. The zero-order chi connectivity index (χ0) is 17.5. The average molecular weight is 326 g/mol. The fourth-order valence-electron chi connectivity index (χ4n) is 2.26. The first-order valence-electron chi connectivity index (χ1n) is 7.32. The summed E-state index contributed by atoms with van der Waals surface area (Å²) in [5, 5.41) is 9.34. The van der Waals surface area contributed by atoms with Crippen LogP contribution in [0, 0.1) is 6.92 Å². The van der Waals surface area contributed by atoms with Gasteiger partial charge in [0.25, 0.3) is 0 Å². The van der Waals surface area contributed by atoms with Crippen molar-refractivity contribution in [3.63, 3.8) is 0 Å². The van der Waals surface area contributed by atoms with Gasteiger partial charge in [-0.05, 0) is 41.8 Å². The monoisotopic (exact) mass is 326 g/mol. The first kappa shape index (κ1) is 17.3. The van der Waals surface area contributed by atoms with E-state index in [2.05, 4.69) is 0 Å². The Morgan fingerprint density at radius 2 is 1.88 bits per heavy atom. The van der Waals surface area contributed by atoms with Crippen LogP contribution in [0.4, 0.5) is 0 Å². The predicted octanol–water partition coefficient (Wildman–Crippen LogP) is 3.46. The first-order valence-corrected chi connectivity index (χ1v) is 7.32. The lowest BCUT2D eigenvalue weighted by Gasteiger charge is -2.09. The molecule has 0 atom stereocenters. The first-order chi connectivity index (χ1) is 11.5. The molecule has 5 nitrogen and oxygen atoms in total. The molecule has 0 radical (unpaired) electrons. The molecular formula is C19H18O5. The minimum atomic E-state index is -1.06. The number of carbonyl (C=O) groups is 2. The Balaban J connectivity index is 2.14. The maximum absolute atomic E-state index is 11.8. The average Bonchev–Trinajstić information content (AvgIpc) is 2.58.